The lowest BCUT2D eigenvalue weighted by molar-refractivity contribution is -0.140. The van der Waals surface area contributed by atoms with Gasteiger partial charge in [-0.05, 0) is 49.1 Å². The van der Waals surface area contributed by atoms with Crippen LogP contribution in [-0.4, -0.2) is 35.7 Å². The van der Waals surface area contributed by atoms with Crippen LogP contribution < -0.4 is 5.32 Å². The molecule has 0 bridgehead atoms. The van der Waals surface area contributed by atoms with Gasteiger partial charge in [0.15, 0.2) is 0 Å². The summed E-state index contributed by atoms with van der Waals surface area (Å²) in [6.07, 6.45) is 4.53. The Balaban J connectivity index is 1.59. The van der Waals surface area contributed by atoms with E-state index in [1.807, 2.05) is 6.07 Å². The highest BCUT2D eigenvalue weighted by atomic mass is 16.5. The van der Waals surface area contributed by atoms with E-state index in [0.717, 1.165) is 19.3 Å². The monoisotopic (exact) mass is 331 g/mol. The Bertz CT molecular complexity index is 607. The number of carbonyl (C=O) groups excluding carboxylic acids is 1. The van der Waals surface area contributed by atoms with Crippen molar-refractivity contribution in [2.75, 3.05) is 13.2 Å². The van der Waals surface area contributed by atoms with Gasteiger partial charge in [-0.2, -0.15) is 0 Å². The van der Waals surface area contributed by atoms with Gasteiger partial charge in [-0.1, -0.05) is 24.3 Å². The Morgan fingerprint density at radius 2 is 1.92 bits per heavy atom. The largest absolute Gasteiger partial charge is 0.481 e. The number of nitrogens with one attached hydrogen (secondary N) is 1. The second-order valence-corrected chi connectivity index (χ2v) is 7.09. The maximum Gasteiger partial charge on any atom is 0.305 e. The molecule has 2 aliphatic rings. The Kier molecular flexibility index (Phi) is 5.19. The van der Waals surface area contributed by atoms with Gasteiger partial charge >= 0.3 is 5.97 Å². The van der Waals surface area contributed by atoms with Crippen LogP contribution in [-0.2, 0) is 27.2 Å². The van der Waals surface area contributed by atoms with E-state index in [-0.39, 0.29) is 12.3 Å². The standard InChI is InChI=1S/C19H25NO4/c21-17(20-19(13-18(22)23)7-9-24-10-8-19)12-14-5-6-15-3-1-2-4-16(15)11-14/h1-4,14H,5-13H2,(H,20,21)(H,22,23). The lowest BCUT2D eigenvalue weighted by Crippen LogP contribution is -2.53. The van der Waals surface area contributed by atoms with Crippen LogP contribution >= 0.6 is 0 Å². The van der Waals surface area contributed by atoms with Crippen molar-refractivity contribution in [1.82, 2.24) is 5.32 Å². The van der Waals surface area contributed by atoms with Crippen molar-refractivity contribution in [3.63, 3.8) is 0 Å². The number of carboxylic acids is 1. The minimum absolute atomic E-state index is 0.0254. The van der Waals surface area contributed by atoms with E-state index < -0.39 is 11.5 Å². The van der Waals surface area contributed by atoms with Crippen LogP contribution in [0.5, 0.6) is 0 Å². The fourth-order valence-corrected chi connectivity index (χ4v) is 3.95. The summed E-state index contributed by atoms with van der Waals surface area (Å²) >= 11 is 0. The number of aryl methyl sites for hydroxylation is 1. The maximum absolute atomic E-state index is 12.5. The van der Waals surface area contributed by atoms with E-state index in [0.29, 0.717) is 38.4 Å². The van der Waals surface area contributed by atoms with Gasteiger partial charge in [0.1, 0.15) is 0 Å². The first-order valence-electron chi connectivity index (χ1n) is 8.74. The zero-order valence-corrected chi connectivity index (χ0v) is 13.9. The number of ether oxygens (including phenoxy) is 1. The van der Waals surface area contributed by atoms with Crippen LogP contribution in [0.4, 0.5) is 0 Å². The predicted octanol–water partition coefficient (Wildman–Crippen LogP) is 2.32. The van der Waals surface area contributed by atoms with E-state index in [1.165, 1.54) is 11.1 Å². The molecule has 0 spiro atoms. The third kappa shape index (κ3) is 4.15. The van der Waals surface area contributed by atoms with Crippen molar-refractivity contribution in [2.24, 2.45) is 5.92 Å². The van der Waals surface area contributed by atoms with Crippen LogP contribution in [0.15, 0.2) is 24.3 Å². The highest BCUT2D eigenvalue weighted by Crippen LogP contribution is 2.29. The van der Waals surface area contributed by atoms with Gasteiger partial charge in [-0.25, -0.2) is 0 Å². The predicted molar refractivity (Wildman–Crippen MR) is 89.8 cm³/mol. The van der Waals surface area contributed by atoms with Gasteiger partial charge in [-0.15, -0.1) is 0 Å². The first kappa shape index (κ1) is 17.0. The number of fused-ring (bicyclic) bond motifs is 1. The Labute approximate surface area is 142 Å². The van der Waals surface area contributed by atoms with Crippen molar-refractivity contribution >= 4 is 11.9 Å². The quantitative estimate of drug-likeness (QED) is 0.868. The molecule has 0 radical (unpaired) electrons. The van der Waals surface area contributed by atoms with Crippen LogP contribution in [0.2, 0.25) is 0 Å². The molecule has 1 saturated heterocycles. The Hall–Kier alpha value is -1.88. The van der Waals surface area contributed by atoms with E-state index in [4.69, 9.17) is 4.74 Å². The molecule has 1 aromatic carbocycles. The molecule has 5 heteroatoms. The van der Waals surface area contributed by atoms with Gasteiger partial charge in [0.05, 0.1) is 12.0 Å². The van der Waals surface area contributed by atoms with Gasteiger partial charge in [0.2, 0.25) is 5.91 Å². The molecule has 1 heterocycles. The molecule has 1 unspecified atom stereocenters. The van der Waals surface area contributed by atoms with Crippen molar-refractivity contribution in [3.8, 4) is 0 Å². The molecule has 1 amide bonds. The molecule has 130 valence electrons. The average molecular weight is 331 g/mol. The average Bonchev–Trinajstić information content (AvgIpc) is 2.54. The number of carbonyl (C=O) groups is 2. The van der Waals surface area contributed by atoms with E-state index in [1.54, 1.807) is 0 Å². The number of rotatable bonds is 5. The van der Waals surface area contributed by atoms with E-state index in [2.05, 4.69) is 23.5 Å². The summed E-state index contributed by atoms with van der Waals surface area (Å²) in [5.74, 6) is -0.562. The van der Waals surface area contributed by atoms with Crippen molar-refractivity contribution in [3.05, 3.63) is 35.4 Å². The van der Waals surface area contributed by atoms with Crippen molar-refractivity contribution in [2.45, 2.75) is 50.5 Å². The molecule has 5 nitrogen and oxygen atoms in total. The van der Waals surface area contributed by atoms with Gasteiger partial charge in [0, 0.05) is 19.6 Å². The third-order valence-corrected chi connectivity index (χ3v) is 5.27. The number of hydrogen-bond donors (Lipinski definition) is 2. The normalized spacial score (nSPS) is 22.4. The summed E-state index contributed by atoms with van der Waals surface area (Å²) in [6.45, 7) is 1.01. The number of hydrogen-bond acceptors (Lipinski definition) is 3. The number of carboxylic acid groups (broad SMARTS) is 1. The Morgan fingerprint density at radius 1 is 1.21 bits per heavy atom. The summed E-state index contributed by atoms with van der Waals surface area (Å²) in [4.78, 5) is 23.7. The lowest BCUT2D eigenvalue weighted by atomic mass is 9.81. The van der Waals surface area contributed by atoms with Crippen LogP contribution in [0.25, 0.3) is 0 Å². The van der Waals surface area contributed by atoms with Gasteiger partial charge in [-0.3, -0.25) is 9.59 Å². The third-order valence-electron chi connectivity index (χ3n) is 5.27. The molecule has 1 atom stereocenters. The topological polar surface area (TPSA) is 75.6 Å². The minimum atomic E-state index is -0.871. The molecule has 1 aromatic rings. The Morgan fingerprint density at radius 3 is 2.62 bits per heavy atom. The molecule has 0 aromatic heterocycles. The first-order chi connectivity index (χ1) is 11.6. The fourth-order valence-electron chi connectivity index (χ4n) is 3.95. The van der Waals surface area contributed by atoms with Crippen LogP contribution in [0.3, 0.4) is 0 Å². The zero-order chi connectivity index (χ0) is 17.0. The second kappa shape index (κ2) is 7.34. The molecular weight excluding hydrogens is 306 g/mol. The van der Waals surface area contributed by atoms with Crippen LogP contribution in [0, 0.1) is 5.92 Å². The number of aliphatic carboxylic acids is 1. The maximum atomic E-state index is 12.5. The van der Waals surface area contributed by atoms with Gasteiger partial charge in [0.25, 0.3) is 0 Å². The number of amides is 1. The van der Waals surface area contributed by atoms with Crippen molar-refractivity contribution < 1.29 is 19.4 Å². The SMILES string of the molecule is O=C(O)CC1(NC(=O)CC2CCc3ccccc3C2)CCOCC1. The molecule has 1 aliphatic carbocycles. The van der Waals surface area contributed by atoms with E-state index >= 15 is 0 Å². The molecule has 2 N–H and O–H groups in total. The highest BCUT2D eigenvalue weighted by molar-refractivity contribution is 5.78. The summed E-state index contributed by atoms with van der Waals surface area (Å²) in [7, 11) is 0. The summed E-state index contributed by atoms with van der Waals surface area (Å²) in [5.41, 5.74) is 2.09. The molecule has 0 saturated carbocycles. The first-order valence-corrected chi connectivity index (χ1v) is 8.74. The summed E-state index contributed by atoms with van der Waals surface area (Å²) in [5, 5.41) is 12.2. The molecule has 24 heavy (non-hydrogen) atoms. The fraction of sp³-hybridized carbons (Fsp3) is 0.579. The minimum Gasteiger partial charge on any atom is -0.481 e. The summed E-state index contributed by atoms with van der Waals surface area (Å²) in [6, 6.07) is 8.41. The molecule has 1 fully saturated rings. The smallest absolute Gasteiger partial charge is 0.305 e. The highest BCUT2D eigenvalue weighted by Gasteiger charge is 2.36. The molecule has 3 rings (SSSR count). The summed E-state index contributed by atoms with van der Waals surface area (Å²) < 4.78 is 5.33. The molecule has 1 aliphatic heterocycles. The zero-order valence-electron chi connectivity index (χ0n) is 13.9. The lowest BCUT2D eigenvalue weighted by Gasteiger charge is -2.37. The second-order valence-electron chi connectivity index (χ2n) is 7.09. The van der Waals surface area contributed by atoms with Crippen LogP contribution in [0.1, 0.15) is 43.2 Å². The van der Waals surface area contributed by atoms with Gasteiger partial charge < -0.3 is 15.2 Å². The number of benzene rings is 1. The molecular formula is C19H25NO4. The van der Waals surface area contributed by atoms with Crippen molar-refractivity contribution in [1.29, 1.82) is 0 Å². The van der Waals surface area contributed by atoms with E-state index in [9.17, 15) is 14.7 Å².